The third-order valence-electron chi connectivity index (χ3n) is 4.91. The van der Waals surface area contributed by atoms with E-state index in [2.05, 4.69) is 46.3 Å². The van der Waals surface area contributed by atoms with Crippen molar-refractivity contribution < 1.29 is 4.42 Å². The number of oxazole rings is 1. The van der Waals surface area contributed by atoms with Crippen molar-refractivity contribution in [2.75, 3.05) is 26.7 Å². The van der Waals surface area contributed by atoms with E-state index in [1.54, 1.807) is 7.05 Å². The lowest BCUT2D eigenvalue weighted by atomic mass is 9.93. The quantitative estimate of drug-likeness (QED) is 0.639. The molecule has 0 spiro atoms. The van der Waals surface area contributed by atoms with Crippen molar-refractivity contribution in [3.8, 4) is 0 Å². The lowest BCUT2D eigenvalue weighted by Crippen LogP contribution is -2.55. The van der Waals surface area contributed by atoms with Crippen LogP contribution in [0.15, 0.2) is 9.41 Å². The number of guanidine groups is 1. The predicted molar refractivity (Wildman–Crippen MR) is 98.2 cm³/mol. The van der Waals surface area contributed by atoms with E-state index in [1.807, 2.05) is 13.8 Å². The minimum Gasteiger partial charge on any atom is -0.444 e. The van der Waals surface area contributed by atoms with E-state index in [4.69, 9.17) is 4.42 Å². The maximum absolute atomic E-state index is 5.60. The normalized spacial score (nSPS) is 20.2. The molecule has 24 heavy (non-hydrogen) atoms. The Hall–Kier alpha value is -1.56. The van der Waals surface area contributed by atoms with Gasteiger partial charge in [-0.15, -0.1) is 0 Å². The highest BCUT2D eigenvalue weighted by Crippen LogP contribution is 2.23. The Labute approximate surface area is 146 Å². The number of hydrogen-bond donors (Lipinski definition) is 2. The average molecular weight is 335 g/mol. The van der Waals surface area contributed by atoms with Crippen LogP contribution in [0.2, 0.25) is 0 Å². The van der Waals surface area contributed by atoms with Crippen LogP contribution in [0.3, 0.4) is 0 Å². The van der Waals surface area contributed by atoms with Crippen molar-refractivity contribution in [2.24, 2.45) is 10.9 Å². The highest BCUT2D eigenvalue weighted by Gasteiger charge is 2.30. The molecule has 6 nitrogen and oxygen atoms in total. The molecule has 1 fully saturated rings. The van der Waals surface area contributed by atoms with E-state index in [9.17, 15) is 0 Å². The van der Waals surface area contributed by atoms with Crippen LogP contribution in [0.5, 0.6) is 0 Å². The lowest BCUT2D eigenvalue weighted by molar-refractivity contribution is 0.0739. The van der Waals surface area contributed by atoms with Gasteiger partial charge in [0.25, 0.3) is 0 Å². The summed E-state index contributed by atoms with van der Waals surface area (Å²) in [5, 5.41) is 6.72. The van der Waals surface area contributed by atoms with Crippen LogP contribution in [0.25, 0.3) is 0 Å². The molecule has 1 unspecified atom stereocenters. The van der Waals surface area contributed by atoms with Gasteiger partial charge in [0, 0.05) is 25.7 Å². The number of aryl methyl sites for hydroxylation is 2. The summed E-state index contributed by atoms with van der Waals surface area (Å²) in [5.41, 5.74) is 1.04. The zero-order chi connectivity index (χ0) is 17.7. The second kappa shape index (κ2) is 8.01. The Kier molecular flexibility index (Phi) is 6.27. The highest BCUT2D eigenvalue weighted by molar-refractivity contribution is 5.79. The minimum absolute atomic E-state index is 0.0996. The molecule has 0 bridgehead atoms. The number of nitrogens with one attached hydrogen (secondary N) is 2. The summed E-state index contributed by atoms with van der Waals surface area (Å²) in [6.07, 6.45) is 2.64. The zero-order valence-corrected chi connectivity index (χ0v) is 16.1. The van der Waals surface area contributed by atoms with Crippen LogP contribution in [0.1, 0.15) is 51.0 Å². The van der Waals surface area contributed by atoms with E-state index in [0.29, 0.717) is 12.4 Å². The lowest BCUT2D eigenvalue weighted by Gasteiger charge is -2.43. The first-order chi connectivity index (χ1) is 11.3. The van der Waals surface area contributed by atoms with Crippen LogP contribution >= 0.6 is 0 Å². The van der Waals surface area contributed by atoms with Crippen molar-refractivity contribution in [3.63, 3.8) is 0 Å². The van der Waals surface area contributed by atoms with Crippen molar-refractivity contribution in [1.82, 2.24) is 20.5 Å². The van der Waals surface area contributed by atoms with Crippen LogP contribution in [0.4, 0.5) is 0 Å². The molecule has 0 aromatic carbocycles. The zero-order valence-electron chi connectivity index (χ0n) is 16.1. The Morgan fingerprint density at radius 1 is 1.38 bits per heavy atom. The van der Waals surface area contributed by atoms with Gasteiger partial charge in [0.2, 0.25) is 5.89 Å². The number of likely N-dealkylation sites (tertiary alicyclic amines) is 1. The first-order valence-corrected chi connectivity index (χ1v) is 8.94. The molecule has 1 aliphatic heterocycles. The molecule has 1 saturated heterocycles. The summed E-state index contributed by atoms with van der Waals surface area (Å²) in [6.45, 7) is 14.6. The summed E-state index contributed by atoms with van der Waals surface area (Å²) in [7, 11) is 1.79. The van der Waals surface area contributed by atoms with Gasteiger partial charge in [-0.1, -0.05) is 6.92 Å². The Morgan fingerprint density at radius 2 is 2.12 bits per heavy atom. The molecule has 136 valence electrons. The summed E-state index contributed by atoms with van der Waals surface area (Å²) < 4.78 is 5.60. The molecular weight excluding hydrogens is 302 g/mol. The summed E-state index contributed by atoms with van der Waals surface area (Å²) >= 11 is 0. The summed E-state index contributed by atoms with van der Waals surface area (Å²) in [4.78, 5) is 11.3. The van der Waals surface area contributed by atoms with Crippen LogP contribution in [0, 0.1) is 19.8 Å². The summed E-state index contributed by atoms with van der Waals surface area (Å²) in [5.74, 6) is 3.13. The van der Waals surface area contributed by atoms with Crippen molar-refractivity contribution in [2.45, 2.75) is 59.5 Å². The standard InChI is InChI=1S/C18H33N5O/c1-13-8-7-9-23(11-13)18(4,5)12-21-17(19-6)20-10-16-22-14(2)15(3)24-16/h13H,7-12H2,1-6H3,(H2,19,20,21). The number of aromatic nitrogens is 1. The molecule has 2 heterocycles. The van der Waals surface area contributed by atoms with Gasteiger partial charge in [0.1, 0.15) is 5.76 Å². The fraction of sp³-hybridized carbons (Fsp3) is 0.778. The largest absolute Gasteiger partial charge is 0.444 e. The van der Waals surface area contributed by atoms with Crippen molar-refractivity contribution >= 4 is 5.96 Å². The van der Waals surface area contributed by atoms with Crippen LogP contribution in [-0.4, -0.2) is 48.1 Å². The maximum atomic E-state index is 5.60. The smallest absolute Gasteiger partial charge is 0.214 e. The van der Waals surface area contributed by atoms with Gasteiger partial charge in [-0.2, -0.15) is 0 Å². The van der Waals surface area contributed by atoms with Crippen molar-refractivity contribution in [1.29, 1.82) is 0 Å². The average Bonchev–Trinajstić information content (AvgIpc) is 2.86. The summed E-state index contributed by atoms with van der Waals surface area (Å²) in [6, 6.07) is 0. The molecule has 1 aliphatic rings. The molecule has 6 heteroatoms. The first kappa shape index (κ1) is 18.8. The molecule has 2 rings (SSSR count). The fourth-order valence-electron chi connectivity index (χ4n) is 3.15. The fourth-order valence-corrected chi connectivity index (χ4v) is 3.15. The molecule has 0 saturated carbocycles. The molecule has 0 radical (unpaired) electrons. The SMILES string of the molecule is CN=C(NCc1nc(C)c(C)o1)NCC(C)(C)N1CCCC(C)C1. The Morgan fingerprint density at radius 3 is 2.71 bits per heavy atom. The third-order valence-corrected chi connectivity index (χ3v) is 4.91. The predicted octanol–water partition coefficient (Wildman–Crippen LogP) is 2.47. The van der Waals surface area contributed by atoms with Crippen molar-refractivity contribution in [3.05, 3.63) is 17.3 Å². The molecule has 1 aromatic heterocycles. The number of nitrogens with zero attached hydrogens (tertiary/aromatic N) is 3. The monoisotopic (exact) mass is 335 g/mol. The number of rotatable bonds is 5. The molecule has 2 N–H and O–H groups in total. The molecular formula is C18H33N5O. The highest BCUT2D eigenvalue weighted by atomic mass is 16.4. The minimum atomic E-state index is 0.0996. The number of aliphatic imine (C=N–C) groups is 1. The maximum Gasteiger partial charge on any atom is 0.214 e. The van der Waals surface area contributed by atoms with E-state index in [1.165, 1.54) is 25.9 Å². The molecule has 0 aliphatic carbocycles. The number of piperidine rings is 1. The van der Waals surface area contributed by atoms with E-state index in [-0.39, 0.29) is 5.54 Å². The van der Waals surface area contributed by atoms with Gasteiger partial charge < -0.3 is 15.1 Å². The second-order valence-corrected chi connectivity index (χ2v) is 7.53. The van der Waals surface area contributed by atoms with Gasteiger partial charge >= 0.3 is 0 Å². The van der Waals surface area contributed by atoms with Gasteiger partial charge in [-0.05, 0) is 53.0 Å². The van der Waals surface area contributed by atoms with Gasteiger partial charge in [0.05, 0.1) is 12.2 Å². The van der Waals surface area contributed by atoms with Gasteiger partial charge in [-0.25, -0.2) is 4.98 Å². The molecule has 1 atom stereocenters. The van der Waals surface area contributed by atoms with Gasteiger partial charge in [0.15, 0.2) is 5.96 Å². The van der Waals surface area contributed by atoms with E-state index in [0.717, 1.165) is 29.9 Å². The topological polar surface area (TPSA) is 65.7 Å². The molecule has 1 aromatic rings. The first-order valence-electron chi connectivity index (χ1n) is 8.94. The number of hydrogen-bond acceptors (Lipinski definition) is 4. The molecule has 0 amide bonds. The third kappa shape index (κ3) is 4.97. The van der Waals surface area contributed by atoms with Crippen LogP contribution in [-0.2, 0) is 6.54 Å². The Bertz CT molecular complexity index is 544. The second-order valence-electron chi connectivity index (χ2n) is 7.53. The van der Waals surface area contributed by atoms with E-state index >= 15 is 0 Å². The van der Waals surface area contributed by atoms with E-state index < -0.39 is 0 Å². The Balaban J connectivity index is 1.83. The van der Waals surface area contributed by atoms with Crippen LogP contribution < -0.4 is 10.6 Å². The van der Waals surface area contributed by atoms with Gasteiger partial charge in [-0.3, -0.25) is 9.89 Å².